The van der Waals surface area contributed by atoms with Crippen LogP contribution in [-0.4, -0.2) is 78.0 Å². The van der Waals surface area contributed by atoms with Crippen LogP contribution in [0.15, 0.2) is 47.3 Å². The van der Waals surface area contributed by atoms with Gasteiger partial charge in [0.1, 0.15) is 17.1 Å². The van der Waals surface area contributed by atoms with Crippen molar-refractivity contribution in [2.75, 3.05) is 66.9 Å². The van der Waals surface area contributed by atoms with E-state index >= 15 is 0 Å². The molecule has 0 radical (unpaired) electrons. The van der Waals surface area contributed by atoms with Crippen LogP contribution in [0.5, 0.6) is 5.75 Å². The number of nitrogens with zero attached hydrogens (tertiary/aromatic N) is 7. The van der Waals surface area contributed by atoms with E-state index in [2.05, 4.69) is 102 Å². The van der Waals surface area contributed by atoms with Crippen LogP contribution < -0.4 is 24.6 Å². The highest BCUT2D eigenvalue weighted by Gasteiger charge is 2.26. The molecular formula is C29H36BrN9OS. The largest absolute Gasteiger partial charge is 0.494 e. The molecule has 0 aliphatic carbocycles. The zero-order valence-corrected chi connectivity index (χ0v) is 26.7. The summed E-state index contributed by atoms with van der Waals surface area (Å²) in [5.74, 6) is 1.83. The van der Waals surface area contributed by atoms with E-state index in [4.69, 9.17) is 9.72 Å². The van der Waals surface area contributed by atoms with Crippen LogP contribution in [0.25, 0.3) is 11.0 Å². The number of hydrogen-bond acceptors (Lipinski definition) is 11. The van der Waals surface area contributed by atoms with Crippen molar-refractivity contribution in [2.45, 2.75) is 26.3 Å². The van der Waals surface area contributed by atoms with E-state index in [1.54, 1.807) is 37.6 Å². The molecule has 0 amide bonds. The molecule has 5 rings (SSSR count). The molecule has 1 aliphatic heterocycles. The van der Waals surface area contributed by atoms with E-state index in [0.29, 0.717) is 17.8 Å². The van der Waals surface area contributed by atoms with E-state index in [-0.39, 0.29) is 0 Å². The van der Waals surface area contributed by atoms with Crippen molar-refractivity contribution in [2.24, 2.45) is 0 Å². The van der Waals surface area contributed by atoms with Gasteiger partial charge in [-0.15, -0.1) is 0 Å². The van der Waals surface area contributed by atoms with Gasteiger partial charge in [-0.2, -0.15) is 4.98 Å². The molecule has 12 heteroatoms. The minimum Gasteiger partial charge on any atom is -0.494 e. The number of aryl methyl sites for hydroxylation is 1. The standard InChI is InChI=1S/C29H36BrN9OS/c1-7-39(41-6)27-22(9-8-21-26(27)32-12-11-31-21)34-28-20(30)16-33-29(36-28)35-23-14-18(2)24(15-25(23)40-5)38-13-10-19(17-38)37(3)4/h8-9,11-12,14-16,19H,7,10,13,17H2,1-6H3,(H2,33,34,35,36). The zero-order chi connectivity index (χ0) is 29.1. The molecule has 3 heterocycles. The Morgan fingerprint density at radius 3 is 2.63 bits per heavy atom. The summed E-state index contributed by atoms with van der Waals surface area (Å²) in [6.07, 6.45) is 8.37. The number of ether oxygens (including phenoxy) is 1. The molecule has 1 fully saturated rings. The lowest BCUT2D eigenvalue weighted by Crippen LogP contribution is -2.31. The second-order valence-electron chi connectivity index (χ2n) is 10.1. The fourth-order valence-electron chi connectivity index (χ4n) is 5.18. The number of methoxy groups -OCH3 is 1. The number of hydrogen-bond donors (Lipinski definition) is 2. The molecule has 4 aromatic rings. The maximum absolute atomic E-state index is 5.80. The van der Waals surface area contributed by atoms with Crippen LogP contribution in [0.3, 0.4) is 0 Å². The lowest BCUT2D eigenvalue weighted by atomic mass is 10.1. The Kier molecular flexibility index (Phi) is 9.00. The Labute approximate surface area is 254 Å². The molecule has 1 unspecified atom stereocenters. The molecule has 216 valence electrons. The summed E-state index contributed by atoms with van der Waals surface area (Å²) in [6.45, 7) is 7.07. The van der Waals surface area contributed by atoms with Crippen LogP contribution >= 0.6 is 27.9 Å². The van der Waals surface area contributed by atoms with Crippen molar-refractivity contribution in [3.8, 4) is 5.75 Å². The molecular weight excluding hydrogens is 602 g/mol. The van der Waals surface area contributed by atoms with Gasteiger partial charge in [-0.3, -0.25) is 9.97 Å². The summed E-state index contributed by atoms with van der Waals surface area (Å²) in [5.41, 5.74) is 6.66. The monoisotopic (exact) mass is 637 g/mol. The van der Waals surface area contributed by atoms with Gasteiger partial charge in [0, 0.05) is 62.3 Å². The maximum Gasteiger partial charge on any atom is 0.229 e. The molecule has 1 atom stereocenters. The van der Waals surface area contributed by atoms with Gasteiger partial charge in [-0.25, -0.2) is 4.98 Å². The van der Waals surface area contributed by atoms with Crippen LogP contribution in [0.4, 0.5) is 34.5 Å². The Bertz CT molecular complexity index is 1530. The Morgan fingerprint density at radius 1 is 1.12 bits per heavy atom. The van der Waals surface area contributed by atoms with Crippen LogP contribution in [0.2, 0.25) is 0 Å². The number of likely N-dealkylation sites (N-methyl/N-ethyl adjacent to an activating group) is 1. The third-order valence-electron chi connectivity index (χ3n) is 7.37. The van der Waals surface area contributed by atoms with E-state index in [0.717, 1.165) is 64.4 Å². The predicted octanol–water partition coefficient (Wildman–Crippen LogP) is 6.23. The van der Waals surface area contributed by atoms with Gasteiger partial charge in [-0.1, -0.05) is 11.9 Å². The first-order valence-corrected chi connectivity index (χ1v) is 15.5. The molecule has 1 aliphatic rings. The molecule has 0 bridgehead atoms. The SMILES string of the molecule is CCN(SC)c1c(Nc2nc(Nc3cc(C)c(N4CCC(N(C)C)C4)cc3OC)ncc2Br)ccc2nccnc12. The molecule has 2 aromatic carbocycles. The normalized spacial score (nSPS) is 15.0. The first-order valence-electron chi connectivity index (χ1n) is 13.5. The molecule has 41 heavy (non-hydrogen) atoms. The zero-order valence-electron chi connectivity index (χ0n) is 24.3. The van der Waals surface area contributed by atoms with Gasteiger partial charge in [0.15, 0.2) is 0 Å². The Balaban J connectivity index is 1.44. The van der Waals surface area contributed by atoms with Crippen LogP contribution in [0, 0.1) is 6.92 Å². The molecule has 10 nitrogen and oxygen atoms in total. The van der Waals surface area contributed by atoms with Crippen molar-refractivity contribution in [1.29, 1.82) is 0 Å². The van der Waals surface area contributed by atoms with Gasteiger partial charge in [0.2, 0.25) is 5.95 Å². The lowest BCUT2D eigenvalue weighted by molar-refractivity contribution is 0.315. The number of nitrogens with one attached hydrogen (secondary N) is 2. The maximum atomic E-state index is 5.80. The second kappa shape index (κ2) is 12.7. The van der Waals surface area contributed by atoms with Crippen molar-refractivity contribution in [3.63, 3.8) is 0 Å². The number of halogens is 1. The minimum atomic E-state index is 0.453. The van der Waals surface area contributed by atoms with Crippen molar-refractivity contribution >= 4 is 73.4 Å². The van der Waals surface area contributed by atoms with Crippen LogP contribution in [0.1, 0.15) is 18.9 Å². The minimum absolute atomic E-state index is 0.453. The molecule has 2 N–H and O–H groups in total. The van der Waals surface area contributed by atoms with Crippen molar-refractivity contribution in [1.82, 2.24) is 24.8 Å². The summed E-state index contributed by atoms with van der Waals surface area (Å²) in [6, 6.07) is 8.74. The van der Waals surface area contributed by atoms with E-state index < -0.39 is 0 Å². The lowest BCUT2D eigenvalue weighted by Gasteiger charge is -2.25. The number of anilines is 6. The van der Waals surface area contributed by atoms with Gasteiger partial charge in [-0.05, 0) is 74.1 Å². The van der Waals surface area contributed by atoms with Gasteiger partial charge in [0.25, 0.3) is 0 Å². The number of aromatic nitrogens is 4. The quantitative estimate of drug-likeness (QED) is 0.194. The predicted molar refractivity (Wildman–Crippen MR) is 174 cm³/mol. The average Bonchev–Trinajstić information content (AvgIpc) is 3.47. The molecule has 1 saturated heterocycles. The van der Waals surface area contributed by atoms with Crippen molar-refractivity contribution in [3.05, 3.63) is 52.9 Å². The first kappa shape index (κ1) is 29.2. The molecule has 2 aromatic heterocycles. The van der Waals surface area contributed by atoms with Crippen LogP contribution in [-0.2, 0) is 0 Å². The number of fused-ring (bicyclic) bond motifs is 1. The fourth-order valence-corrected chi connectivity index (χ4v) is 6.10. The molecule has 0 saturated carbocycles. The highest BCUT2D eigenvalue weighted by atomic mass is 79.9. The van der Waals surface area contributed by atoms with Gasteiger partial charge in [0.05, 0.1) is 34.2 Å². The number of rotatable bonds is 10. The summed E-state index contributed by atoms with van der Waals surface area (Å²) < 4.78 is 8.73. The van der Waals surface area contributed by atoms with Gasteiger partial charge < -0.3 is 29.5 Å². The highest BCUT2D eigenvalue weighted by molar-refractivity contribution is 9.10. The topological polar surface area (TPSA) is 94.6 Å². The molecule has 0 spiro atoms. The van der Waals surface area contributed by atoms with Crippen molar-refractivity contribution < 1.29 is 4.74 Å². The third-order valence-corrected chi connectivity index (χ3v) is 8.83. The number of benzene rings is 2. The summed E-state index contributed by atoms with van der Waals surface area (Å²) in [4.78, 5) is 23.2. The summed E-state index contributed by atoms with van der Waals surface area (Å²) in [7, 11) is 5.98. The second-order valence-corrected chi connectivity index (χ2v) is 11.8. The third kappa shape index (κ3) is 6.14. The average molecular weight is 639 g/mol. The Hall–Kier alpha value is -3.35. The van der Waals surface area contributed by atoms with Gasteiger partial charge >= 0.3 is 0 Å². The van der Waals surface area contributed by atoms with E-state index in [9.17, 15) is 0 Å². The highest BCUT2D eigenvalue weighted by Crippen LogP contribution is 2.39. The summed E-state index contributed by atoms with van der Waals surface area (Å²) >= 11 is 5.26. The Morgan fingerprint density at radius 2 is 1.93 bits per heavy atom. The summed E-state index contributed by atoms with van der Waals surface area (Å²) in [5, 5.41) is 6.89. The fraction of sp³-hybridized carbons (Fsp3) is 0.379. The van der Waals surface area contributed by atoms with E-state index in [1.807, 2.05) is 12.1 Å². The first-order chi connectivity index (χ1) is 19.8. The smallest absolute Gasteiger partial charge is 0.229 e. The van der Waals surface area contributed by atoms with E-state index in [1.165, 1.54) is 11.3 Å².